The first-order valence-electron chi connectivity index (χ1n) is 4.52. The fourth-order valence-electron chi connectivity index (χ4n) is 1.40. The molecule has 0 bridgehead atoms. The first-order valence-corrected chi connectivity index (χ1v) is 4.52. The van der Waals surface area contributed by atoms with Gasteiger partial charge < -0.3 is 9.47 Å². The van der Waals surface area contributed by atoms with Crippen LogP contribution >= 0.6 is 12.4 Å². The molecule has 0 aliphatic carbocycles. The third-order valence-electron chi connectivity index (χ3n) is 2.01. The highest BCUT2D eigenvalue weighted by molar-refractivity contribution is 5.85. The summed E-state index contributed by atoms with van der Waals surface area (Å²) in [4.78, 5) is 0. The minimum absolute atomic E-state index is 0. The highest BCUT2D eigenvalue weighted by atomic mass is 35.5. The lowest BCUT2D eigenvalue weighted by atomic mass is 10.1. The van der Waals surface area contributed by atoms with Crippen molar-refractivity contribution in [3.8, 4) is 0 Å². The van der Waals surface area contributed by atoms with Crippen molar-refractivity contribution in [2.75, 3.05) is 20.3 Å². The highest BCUT2D eigenvalue weighted by Gasteiger charge is 2.29. The summed E-state index contributed by atoms with van der Waals surface area (Å²) in [6, 6.07) is 0. The lowest BCUT2D eigenvalue weighted by Crippen LogP contribution is -2.38. The van der Waals surface area contributed by atoms with Crippen molar-refractivity contribution in [3.63, 3.8) is 0 Å². The second-order valence-corrected chi connectivity index (χ2v) is 3.96. The van der Waals surface area contributed by atoms with Crippen LogP contribution in [0.2, 0.25) is 0 Å². The molecule has 1 atom stereocenters. The summed E-state index contributed by atoms with van der Waals surface area (Å²) in [5.41, 5.74) is 0.151. The summed E-state index contributed by atoms with van der Waals surface area (Å²) in [6.07, 6.45) is 2.33. The number of nitrogens with one attached hydrogen (secondary N) is 1. The van der Waals surface area contributed by atoms with Crippen LogP contribution in [0.5, 0.6) is 0 Å². The molecule has 0 aromatic rings. The Hall–Kier alpha value is 0.170. The first-order chi connectivity index (χ1) is 5.64. The zero-order valence-corrected chi connectivity index (χ0v) is 9.45. The molecule has 0 radical (unpaired) electrons. The van der Waals surface area contributed by atoms with Crippen molar-refractivity contribution in [1.29, 1.82) is 0 Å². The summed E-state index contributed by atoms with van der Waals surface area (Å²) >= 11 is 0. The van der Waals surface area contributed by atoms with Crippen molar-refractivity contribution >= 4 is 12.4 Å². The Morgan fingerprint density at radius 1 is 1.54 bits per heavy atom. The molecule has 1 aliphatic heterocycles. The van der Waals surface area contributed by atoms with Crippen molar-refractivity contribution < 1.29 is 9.47 Å². The number of hydrogen-bond donors (Lipinski definition) is 1. The third-order valence-corrected chi connectivity index (χ3v) is 2.01. The van der Waals surface area contributed by atoms with Crippen molar-refractivity contribution in [1.82, 2.24) is 5.32 Å². The van der Waals surface area contributed by atoms with Crippen molar-refractivity contribution in [2.45, 2.75) is 38.5 Å². The molecule has 1 saturated heterocycles. The van der Waals surface area contributed by atoms with Crippen LogP contribution in [0, 0.1) is 0 Å². The van der Waals surface area contributed by atoms with Crippen LogP contribution < -0.4 is 5.32 Å². The Balaban J connectivity index is 0.00000144. The topological polar surface area (TPSA) is 30.5 Å². The molecule has 1 rings (SSSR count). The molecule has 0 spiro atoms. The van der Waals surface area contributed by atoms with Crippen molar-refractivity contribution in [2.24, 2.45) is 0 Å². The van der Waals surface area contributed by atoms with E-state index in [0.29, 0.717) is 0 Å². The predicted octanol–water partition coefficient (Wildman–Crippen LogP) is 1.56. The first kappa shape index (κ1) is 13.2. The highest BCUT2D eigenvalue weighted by Crippen LogP contribution is 2.16. The quantitative estimate of drug-likeness (QED) is 0.713. The van der Waals surface area contributed by atoms with Gasteiger partial charge in [0, 0.05) is 19.3 Å². The standard InChI is InChI=1S/C9H19NO2.ClH/c1-9(2)7-12-8(10-9)5-4-6-11-3;/h8,10H,4-7H2,1-3H3;1H. The minimum atomic E-state index is 0. The molecule has 1 N–H and O–H groups in total. The van der Waals surface area contributed by atoms with Gasteiger partial charge in [-0.1, -0.05) is 0 Å². The Kier molecular flexibility index (Phi) is 5.88. The average molecular weight is 210 g/mol. The average Bonchev–Trinajstić information content (AvgIpc) is 2.31. The largest absolute Gasteiger partial charge is 0.385 e. The molecular weight excluding hydrogens is 190 g/mol. The van der Waals surface area contributed by atoms with Crippen LogP contribution in [0.3, 0.4) is 0 Å². The Labute approximate surface area is 86.6 Å². The predicted molar refractivity (Wildman–Crippen MR) is 55.3 cm³/mol. The van der Waals surface area contributed by atoms with Gasteiger partial charge in [-0.3, -0.25) is 5.32 Å². The monoisotopic (exact) mass is 209 g/mol. The van der Waals surface area contributed by atoms with Crippen LogP contribution in [0.1, 0.15) is 26.7 Å². The van der Waals surface area contributed by atoms with Gasteiger partial charge in [0.25, 0.3) is 0 Å². The Bertz CT molecular complexity index is 142. The second kappa shape index (κ2) is 5.81. The van der Waals surface area contributed by atoms with E-state index in [1.165, 1.54) is 0 Å². The number of rotatable bonds is 4. The maximum atomic E-state index is 5.55. The summed E-state index contributed by atoms with van der Waals surface area (Å²) < 4.78 is 10.5. The number of hydrogen-bond acceptors (Lipinski definition) is 3. The molecule has 4 heteroatoms. The maximum absolute atomic E-state index is 5.55. The third kappa shape index (κ3) is 4.81. The lowest BCUT2D eigenvalue weighted by Gasteiger charge is -2.16. The van der Waals surface area contributed by atoms with Crippen LogP contribution in [-0.2, 0) is 9.47 Å². The minimum Gasteiger partial charge on any atom is -0.385 e. The molecule has 1 aliphatic rings. The molecule has 80 valence electrons. The van der Waals surface area contributed by atoms with Gasteiger partial charge in [0.1, 0.15) is 6.23 Å². The van der Waals surface area contributed by atoms with Gasteiger partial charge >= 0.3 is 0 Å². The summed E-state index contributed by atoms with van der Waals surface area (Å²) in [7, 11) is 1.73. The zero-order chi connectivity index (χ0) is 9.03. The lowest BCUT2D eigenvalue weighted by molar-refractivity contribution is 0.0810. The molecule has 0 amide bonds. The zero-order valence-electron chi connectivity index (χ0n) is 8.63. The van der Waals surface area contributed by atoms with E-state index in [9.17, 15) is 0 Å². The Morgan fingerprint density at radius 3 is 2.69 bits per heavy atom. The molecule has 13 heavy (non-hydrogen) atoms. The molecule has 0 saturated carbocycles. The van der Waals surface area contributed by atoms with Gasteiger partial charge in [0.05, 0.1) is 6.61 Å². The van der Waals surface area contributed by atoms with Gasteiger partial charge in [0.2, 0.25) is 0 Å². The van der Waals surface area contributed by atoms with E-state index in [2.05, 4.69) is 19.2 Å². The van der Waals surface area contributed by atoms with Gasteiger partial charge in [0.15, 0.2) is 0 Å². The van der Waals surface area contributed by atoms with Crippen LogP contribution in [0.4, 0.5) is 0 Å². The van der Waals surface area contributed by atoms with E-state index in [1.807, 2.05) is 0 Å². The fraction of sp³-hybridized carbons (Fsp3) is 1.00. The second-order valence-electron chi connectivity index (χ2n) is 3.96. The van der Waals surface area contributed by atoms with E-state index < -0.39 is 0 Å². The van der Waals surface area contributed by atoms with E-state index in [0.717, 1.165) is 26.1 Å². The molecule has 0 aromatic carbocycles. The molecule has 1 fully saturated rings. The van der Waals surface area contributed by atoms with Gasteiger partial charge in [-0.2, -0.15) is 0 Å². The van der Waals surface area contributed by atoms with E-state index in [-0.39, 0.29) is 24.2 Å². The van der Waals surface area contributed by atoms with Gasteiger partial charge in [-0.15, -0.1) is 12.4 Å². The molecular formula is C9H20ClNO2. The van der Waals surface area contributed by atoms with Crippen LogP contribution in [-0.4, -0.2) is 32.1 Å². The summed E-state index contributed by atoms with van der Waals surface area (Å²) in [5, 5.41) is 3.41. The molecule has 1 heterocycles. The van der Waals surface area contributed by atoms with E-state index >= 15 is 0 Å². The number of methoxy groups -OCH3 is 1. The number of halogens is 1. The van der Waals surface area contributed by atoms with E-state index in [1.54, 1.807) is 7.11 Å². The van der Waals surface area contributed by atoms with Crippen molar-refractivity contribution in [3.05, 3.63) is 0 Å². The Morgan fingerprint density at radius 2 is 2.23 bits per heavy atom. The number of ether oxygens (including phenoxy) is 2. The van der Waals surface area contributed by atoms with Gasteiger partial charge in [-0.25, -0.2) is 0 Å². The summed E-state index contributed by atoms with van der Waals surface area (Å²) in [6.45, 7) is 5.94. The SMILES string of the molecule is COCCCC1NC(C)(C)CO1.Cl. The van der Waals surface area contributed by atoms with Gasteiger partial charge in [-0.05, 0) is 26.7 Å². The normalized spacial score (nSPS) is 25.6. The fourth-order valence-corrected chi connectivity index (χ4v) is 1.40. The summed E-state index contributed by atoms with van der Waals surface area (Å²) in [5.74, 6) is 0. The molecule has 3 nitrogen and oxygen atoms in total. The molecule has 1 unspecified atom stereocenters. The maximum Gasteiger partial charge on any atom is 0.108 e. The smallest absolute Gasteiger partial charge is 0.108 e. The van der Waals surface area contributed by atoms with Crippen LogP contribution in [0.15, 0.2) is 0 Å². The van der Waals surface area contributed by atoms with Crippen LogP contribution in [0.25, 0.3) is 0 Å². The molecule has 0 aromatic heterocycles. The van der Waals surface area contributed by atoms with E-state index in [4.69, 9.17) is 9.47 Å².